The van der Waals surface area contributed by atoms with Gasteiger partial charge in [-0.3, -0.25) is 0 Å². The van der Waals surface area contributed by atoms with E-state index >= 15 is 0 Å². The summed E-state index contributed by atoms with van der Waals surface area (Å²) in [4.78, 5) is 11.0. The number of hydrogen-bond donors (Lipinski definition) is 1. The van der Waals surface area contributed by atoms with E-state index in [4.69, 9.17) is 5.11 Å². The van der Waals surface area contributed by atoms with Crippen LogP contribution in [0.1, 0.15) is 33.1 Å². The lowest BCUT2D eigenvalue weighted by atomic mass is 10.2. The molecule has 0 radical (unpaired) electrons. The van der Waals surface area contributed by atoms with Crippen molar-refractivity contribution in [3.05, 3.63) is 12.2 Å². The third-order valence-corrected chi connectivity index (χ3v) is 1.49. The van der Waals surface area contributed by atoms with E-state index in [1.54, 1.807) is 0 Å². The van der Waals surface area contributed by atoms with Gasteiger partial charge < -0.3 is 9.84 Å². The maximum absolute atomic E-state index is 11.0. The van der Waals surface area contributed by atoms with E-state index in [2.05, 4.69) is 11.3 Å². The predicted molar refractivity (Wildman–Crippen MR) is 46.4 cm³/mol. The van der Waals surface area contributed by atoms with E-state index < -0.39 is 12.3 Å². The van der Waals surface area contributed by atoms with Gasteiger partial charge in [0.1, 0.15) is 0 Å². The summed E-state index contributed by atoms with van der Waals surface area (Å²) in [6.45, 7) is 7.22. The lowest BCUT2D eigenvalue weighted by Crippen LogP contribution is -2.18. The van der Waals surface area contributed by atoms with E-state index in [1.165, 1.54) is 0 Å². The van der Waals surface area contributed by atoms with Crippen molar-refractivity contribution < 1.29 is 14.6 Å². The van der Waals surface area contributed by atoms with E-state index in [1.807, 2.05) is 13.8 Å². The fraction of sp³-hybridized carbons (Fsp3) is 0.667. The molecule has 12 heavy (non-hydrogen) atoms. The standard InChI is InChI=1S/C9H16O3/c1-4-6-8(10)12-9(11)7(3)5-2/h8,10H,3-6H2,1-2H3. The first-order valence-electron chi connectivity index (χ1n) is 4.18. The molecule has 0 saturated heterocycles. The van der Waals surface area contributed by atoms with Crippen molar-refractivity contribution in [3.8, 4) is 0 Å². The quantitative estimate of drug-likeness (QED) is 0.389. The summed E-state index contributed by atoms with van der Waals surface area (Å²) < 4.78 is 4.66. The summed E-state index contributed by atoms with van der Waals surface area (Å²) in [6, 6.07) is 0. The molecule has 0 spiro atoms. The van der Waals surface area contributed by atoms with Crippen LogP contribution >= 0.6 is 0 Å². The van der Waals surface area contributed by atoms with Crippen LogP contribution in [0.25, 0.3) is 0 Å². The van der Waals surface area contributed by atoms with Crippen molar-refractivity contribution in [1.82, 2.24) is 0 Å². The van der Waals surface area contributed by atoms with Gasteiger partial charge in [0.15, 0.2) is 0 Å². The van der Waals surface area contributed by atoms with Gasteiger partial charge >= 0.3 is 5.97 Å². The molecule has 0 aliphatic carbocycles. The van der Waals surface area contributed by atoms with E-state index in [0.717, 1.165) is 6.42 Å². The fourth-order valence-corrected chi connectivity index (χ4v) is 0.657. The average molecular weight is 172 g/mol. The zero-order valence-corrected chi connectivity index (χ0v) is 7.67. The summed E-state index contributed by atoms with van der Waals surface area (Å²) in [5, 5.41) is 9.08. The molecule has 70 valence electrons. The molecule has 3 heteroatoms. The summed E-state index contributed by atoms with van der Waals surface area (Å²) in [7, 11) is 0. The van der Waals surface area contributed by atoms with Gasteiger partial charge in [-0.2, -0.15) is 0 Å². The van der Waals surface area contributed by atoms with Gasteiger partial charge in [0.05, 0.1) is 0 Å². The summed E-state index contributed by atoms with van der Waals surface area (Å²) in [5.41, 5.74) is 0.394. The van der Waals surface area contributed by atoms with Gasteiger partial charge in [0.25, 0.3) is 0 Å². The van der Waals surface area contributed by atoms with Gasteiger partial charge in [0.2, 0.25) is 6.29 Å². The molecule has 1 unspecified atom stereocenters. The van der Waals surface area contributed by atoms with Crippen LogP contribution in [0.5, 0.6) is 0 Å². The number of carbonyl (C=O) groups excluding carboxylic acids is 1. The number of aliphatic hydroxyl groups excluding tert-OH is 1. The highest BCUT2D eigenvalue weighted by atomic mass is 16.6. The SMILES string of the molecule is C=C(CC)C(=O)OC(O)CCC. The maximum Gasteiger partial charge on any atom is 0.335 e. The maximum atomic E-state index is 11.0. The van der Waals surface area contributed by atoms with Crippen LogP contribution in [0, 0.1) is 0 Å². The monoisotopic (exact) mass is 172 g/mol. The molecule has 0 aliphatic heterocycles. The fourth-order valence-electron chi connectivity index (χ4n) is 0.657. The second kappa shape index (κ2) is 5.77. The lowest BCUT2D eigenvalue weighted by Gasteiger charge is -2.10. The number of carbonyl (C=O) groups is 1. The Bertz CT molecular complexity index is 163. The summed E-state index contributed by atoms with van der Waals surface area (Å²) in [5.74, 6) is -0.501. The minimum absolute atomic E-state index is 0.394. The van der Waals surface area contributed by atoms with Gasteiger partial charge in [0, 0.05) is 12.0 Å². The van der Waals surface area contributed by atoms with E-state index in [-0.39, 0.29) is 0 Å². The predicted octanol–water partition coefficient (Wildman–Crippen LogP) is 1.61. The van der Waals surface area contributed by atoms with Crippen molar-refractivity contribution in [1.29, 1.82) is 0 Å². The Morgan fingerprint density at radius 2 is 2.17 bits per heavy atom. The number of ether oxygens (including phenoxy) is 1. The average Bonchev–Trinajstić information content (AvgIpc) is 2.03. The highest BCUT2D eigenvalue weighted by molar-refractivity contribution is 5.87. The zero-order chi connectivity index (χ0) is 9.56. The lowest BCUT2D eigenvalue weighted by molar-refractivity contribution is -0.163. The molecule has 0 heterocycles. The molecule has 0 bridgehead atoms. The number of esters is 1. The third kappa shape index (κ3) is 4.13. The molecule has 0 aromatic carbocycles. The first-order valence-corrected chi connectivity index (χ1v) is 4.18. The van der Waals surface area contributed by atoms with Crippen LogP contribution in [0.15, 0.2) is 12.2 Å². The second-order valence-corrected chi connectivity index (χ2v) is 2.61. The van der Waals surface area contributed by atoms with Crippen LogP contribution in [0.2, 0.25) is 0 Å². The van der Waals surface area contributed by atoms with Crippen LogP contribution in [-0.4, -0.2) is 17.4 Å². The molecular formula is C9H16O3. The minimum Gasteiger partial charge on any atom is -0.433 e. The van der Waals surface area contributed by atoms with Gasteiger partial charge in [-0.25, -0.2) is 4.79 Å². The van der Waals surface area contributed by atoms with E-state index in [0.29, 0.717) is 18.4 Å². The first-order chi connectivity index (χ1) is 5.61. The van der Waals surface area contributed by atoms with Crippen molar-refractivity contribution in [2.24, 2.45) is 0 Å². The molecule has 0 amide bonds. The first kappa shape index (κ1) is 11.2. The Kier molecular flexibility index (Phi) is 5.37. The third-order valence-electron chi connectivity index (χ3n) is 1.49. The van der Waals surface area contributed by atoms with Crippen LogP contribution in [0.4, 0.5) is 0 Å². The van der Waals surface area contributed by atoms with E-state index in [9.17, 15) is 4.79 Å². The summed E-state index contributed by atoms with van der Waals surface area (Å²) >= 11 is 0. The van der Waals surface area contributed by atoms with Gasteiger partial charge in [-0.1, -0.05) is 26.8 Å². The zero-order valence-electron chi connectivity index (χ0n) is 7.67. The summed E-state index contributed by atoms with van der Waals surface area (Å²) in [6.07, 6.45) is 0.832. The van der Waals surface area contributed by atoms with Crippen molar-refractivity contribution in [3.63, 3.8) is 0 Å². The number of hydrogen-bond acceptors (Lipinski definition) is 3. The molecule has 3 nitrogen and oxygen atoms in total. The van der Waals surface area contributed by atoms with Crippen molar-refractivity contribution in [2.45, 2.75) is 39.4 Å². The molecule has 0 fully saturated rings. The smallest absolute Gasteiger partial charge is 0.335 e. The molecule has 1 N–H and O–H groups in total. The molecular weight excluding hydrogens is 156 g/mol. The highest BCUT2D eigenvalue weighted by Gasteiger charge is 2.11. The molecule has 1 atom stereocenters. The second-order valence-electron chi connectivity index (χ2n) is 2.61. The Morgan fingerprint density at radius 3 is 2.58 bits per heavy atom. The topological polar surface area (TPSA) is 46.5 Å². The highest BCUT2D eigenvalue weighted by Crippen LogP contribution is 2.04. The molecule has 0 rings (SSSR count). The van der Waals surface area contributed by atoms with Crippen molar-refractivity contribution >= 4 is 5.97 Å². The Morgan fingerprint density at radius 1 is 1.58 bits per heavy atom. The molecule has 0 aliphatic rings. The van der Waals surface area contributed by atoms with Crippen LogP contribution < -0.4 is 0 Å². The Hall–Kier alpha value is -0.830. The minimum atomic E-state index is -0.981. The van der Waals surface area contributed by atoms with Crippen LogP contribution in [-0.2, 0) is 9.53 Å². The molecule has 0 aromatic rings. The van der Waals surface area contributed by atoms with Crippen molar-refractivity contribution in [2.75, 3.05) is 0 Å². The number of aliphatic hydroxyl groups is 1. The van der Waals surface area contributed by atoms with Crippen LogP contribution in [0.3, 0.4) is 0 Å². The normalized spacial score (nSPS) is 12.2. The van der Waals surface area contributed by atoms with Gasteiger partial charge in [-0.15, -0.1) is 0 Å². The Balaban J connectivity index is 3.76. The Labute approximate surface area is 73.0 Å². The molecule has 0 saturated carbocycles. The number of rotatable bonds is 5. The van der Waals surface area contributed by atoms with Gasteiger partial charge in [-0.05, 0) is 6.42 Å². The molecule has 0 aromatic heterocycles. The largest absolute Gasteiger partial charge is 0.433 e.